The van der Waals surface area contributed by atoms with E-state index in [0.29, 0.717) is 39.4 Å². The van der Waals surface area contributed by atoms with Crippen molar-refractivity contribution in [2.24, 2.45) is 0 Å². The Balaban J connectivity index is 0.00000141. The van der Waals surface area contributed by atoms with Crippen LogP contribution in [-0.2, 0) is 4.74 Å². The number of ether oxygens (including phenoxy) is 1. The maximum Gasteiger partial charge on any atom is 0.168 e. The molecule has 0 saturated heterocycles. The van der Waals surface area contributed by atoms with E-state index in [2.05, 4.69) is 29.7 Å². The molecular weight excluding hydrogens is 454 g/mol. The molecule has 2 aliphatic rings. The lowest BCUT2D eigenvalue weighted by Gasteiger charge is -2.16. The molecule has 0 N–H and O–H groups in total. The van der Waals surface area contributed by atoms with Crippen LogP contribution in [0.5, 0.6) is 0 Å². The van der Waals surface area contributed by atoms with Gasteiger partial charge in [-0.2, -0.15) is 0 Å². The van der Waals surface area contributed by atoms with Gasteiger partial charge in [-0.25, -0.2) is 15.0 Å². The Morgan fingerprint density at radius 1 is 0.857 bits per heavy atom. The van der Waals surface area contributed by atoms with Crippen molar-refractivity contribution >= 4 is 28.3 Å². The van der Waals surface area contributed by atoms with Crippen LogP contribution < -0.4 is 0 Å². The predicted molar refractivity (Wildman–Crippen MR) is 143 cm³/mol. The third-order valence-corrected chi connectivity index (χ3v) is 5.72. The molecule has 2 aliphatic carbocycles. The van der Waals surface area contributed by atoms with E-state index in [1.54, 1.807) is 13.2 Å². The highest BCUT2D eigenvalue weighted by Crippen LogP contribution is 2.35. The van der Waals surface area contributed by atoms with Crippen LogP contribution in [0, 0.1) is 0 Å². The molecule has 0 atom stereocenters. The van der Waals surface area contributed by atoms with Crippen LogP contribution in [0.2, 0.25) is 5.02 Å². The SMILES string of the molecule is CC.COC1=C(c2nc(C3=CCCC=C3)nc(-c3ccccc3)n2)C=C=C=C1c1ccccc1Cl. The van der Waals surface area contributed by atoms with Gasteiger partial charge in [0.2, 0.25) is 0 Å². The number of hydrogen-bond donors (Lipinski definition) is 0. The van der Waals surface area contributed by atoms with Crippen LogP contribution in [0.4, 0.5) is 0 Å². The molecule has 0 spiro atoms. The van der Waals surface area contributed by atoms with Crippen LogP contribution in [-0.4, -0.2) is 22.1 Å². The van der Waals surface area contributed by atoms with Crippen LogP contribution >= 0.6 is 11.6 Å². The van der Waals surface area contributed by atoms with Crippen molar-refractivity contribution in [1.29, 1.82) is 0 Å². The summed E-state index contributed by atoms with van der Waals surface area (Å²) in [5.74, 6) is 2.33. The standard InChI is InChI=1S/C28H20ClN3O.C2H6/c1-33-25-22(21-15-8-9-18-24(21)29)16-10-17-23(25)28-31-26(19-11-4-2-5-12-19)30-27(32-28)20-13-6-3-7-14-20;1-2/h2,4-6,8-9,11-15,17-18H,3,7H2,1H3;1-2H3. The number of halogens is 1. The first-order valence-electron chi connectivity index (χ1n) is 11.7. The zero-order valence-corrected chi connectivity index (χ0v) is 20.8. The molecule has 0 radical (unpaired) electrons. The van der Waals surface area contributed by atoms with E-state index in [4.69, 9.17) is 31.3 Å². The monoisotopic (exact) mass is 479 g/mol. The van der Waals surface area contributed by atoms with Gasteiger partial charge in [-0.15, -0.1) is 0 Å². The van der Waals surface area contributed by atoms with Crippen molar-refractivity contribution in [3.63, 3.8) is 0 Å². The van der Waals surface area contributed by atoms with Gasteiger partial charge >= 0.3 is 0 Å². The van der Waals surface area contributed by atoms with E-state index >= 15 is 0 Å². The third-order valence-electron chi connectivity index (χ3n) is 5.39. The number of benzene rings is 2. The van der Waals surface area contributed by atoms with Gasteiger partial charge in [0.05, 0.1) is 18.3 Å². The lowest BCUT2D eigenvalue weighted by molar-refractivity contribution is 0.313. The summed E-state index contributed by atoms with van der Waals surface area (Å²) in [6.45, 7) is 4.00. The van der Waals surface area contributed by atoms with Crippen LogP contribution in [0.25, 0.3) is 28.1 Å². The Labute approximate surface area is 211 Å². The Kier molecular flexibility index (Phi) is 7.92. The third kappa shape index (κ3) is 5.26. The second-order valence-electron chi connectivity index (χ2n) is 7.53. The molecular formula is C30H26ClN3O. The Morgan fingerprint density at radius 2 is 1.57 bits per heavy atom. The number of aromatic nitrogens is 3. The summed E-state index contributed by atoms with van der Waals surface area (Å²) in [5, 5.41) is 0.608. The minimum atomic E-state index is 0.508. The summed E-state index contributed by atoms with van der Waals surface area (Å²) in [7, 11) is 1.62. The second-order valence-corrected chi connectivity index (χ2v) is 7.93. The normalized spacial score (nSPS) is 14.2. The minimum absolute atomic E-state index is 0.508. The molecule has 174 valence electrons. The maximum absolute atomic E-state index is 6.47. The van der Waals surface area contributed by atoms with E-state index in [1.165, 1.54) is 0 Å². The molecule has 3 aromatic rings. The molecule has 4 nitrogen and oxygen atoms in total. The van der Waals surface area contributed by atoms with E-state index in [0.717, 1.165) is 29.5 Å². The summed E-state index contributed by atoms with van der Waals surface area (Å²) in [4.78, 5) is 14.4. The molecule has 0 amide bonds. The zero-order valence-electron chi connectivity index (χ0n) is 20.0. The van der Waals surface area contributed by atoms with E-state index in [9.17, 15) is 0 Å². The Hall–Kier alpha value is -3.94. The fourth-order valence-corrected chi connectivity index (χ4v) is 4.02. The fraction of sp³-hybridized carbons (Fsp3) is 0.167. The number of allylic oxidation sites excluding steroid dienone is 7. The molecule has 1 aromatic heterocycles. The highest BCUT2D eigenvalue weighted by Gasteiger charge is 2.22. The quantitative estimate of drug-likeness (QED) is 0.351. The molecule has 0 fully saturated rings. The van der Waals surface area contributed by atoms with Gasteiger partial charge in [0.15, 0.2) is 17.5 Å². The number of hydrogen-bond acceptors (Lipinski definition) is 4. The maximum atomic E-state index is 6.47. The molecule has 2 aromatic carbocycles. The summed E-state index contributed by atoms with van der Waals surface area (Å²) >= 11 is 6.47. The molecule has 5 rings (SSSR count). The first kappa shape index (κ1) is 24.2. The molecule has 0 aliphatic heterocycles. The number of methoxy groups -OCH3 is 1. The molecule has 5 heteroatoms. The first-order chi connectivity index (χ1) is 17.2. The van der Waals surface area contributed by atoms with Crippen LogP contribution in [0.1, 0.15) is 43.9 Å². The van der Waals surface area contributed by atoms with Gasteiger partial charge in [-0.3, -0.25) is 0 Å². The van der Waals surface area contributed by atoms with Crippen molar-refractivity contribution in [3.05, 3.63) is 118 Å². The zero-order chi connectivity index (χ0) is 24.6. The summed E-state index contributed by atoms with van der Waals surface area (Å²) in [5.41, 5.74) is 10.4. The van der Waals surface area contributed by atoms with Gasteiger partial charge < -0.3 is 4.74 Å². The van der Waals surface area contributed by atoms with Gasteiger partial charge in [-0.05, 0) is 18.9 Å². The topological polar surface area (TPSA) is 47.9 Å². The molecule has 0 bridgehead atoms. The van der Waals surface area contributed by atoms with Gasteiger partial charge in [-0.1, -0.05) is 104 Å². The van der Waals surface area contributed by atoms with E-state index < -0.39 is 0 Å². The Morgan fingerprint density at radius 3 is 2.29 bits per heavy atom. The highest BCUT2D eigenvalue weighted by atomic mass is 35.5. The molecule has 1 heterocycles. The first-order valence-corrected chi connectivity index (χ1v) is 12.1. The van der Waals surface area contributed by atoms with Gasteiger partial charge in [0.1, 0.15) is 5.76 Å². The average Bonchev–Trinajstić information content (AvgIpc) is 2.94. The predicted octanol–water partition coefficient (Wildman–Crippen LogP) is 7.72. The summed E-state index contributed by atoms with van der Waals surface area (Å²) in [6, 6.07) is 17.5. The second kappa shape index (κ2) is 11.5. The van der Waals surface area contributed by atoms with Crippen molar-refractivity contribution in [3.8, 4) is 11.4 Å². The largest absolute Gasteiger partial charge is 0.495 e. The minimum Gasteiger partial charge on any atom is -0.495 e. The number of rotatable bonds is 5. The number of nitrogens with zero attached hydrogens (tertiary/aromatic N) is 3. The summed E-state index contributed by atoms with van der Waals surface area (Å²) in [6.07, 6.45) is 10.1. The molecule has 0 unspecified atom stereocenters. The lowest BCUT2D eigenvalue weighted by Crippen LogP contribution is -2.07. The van der Waals surface area contributed by atoms with Crippen molar-refractivity contribution in [1.82, 2.24) is 15.0 Å². The van der Waals surface area contributed by atoms with Gasteiger partial charge in [0, 0.05) is 27.8 Å². The van der Waals surface area contributed by atoms with Gasteiger partial charge in [0.25, 0.3) is 0 Å². The van der Waals surface area contributed by atoms with Crippen molar-refractivity contribution in [2.75, 3.05) is 7.11 Å². The summed E-state index contributed by atoms with van der Waals surface area (Å²) < 4.78 is 5.83. The van der Waals surface area contributed by atoms with E-state index in [1.807, 2.05) is 68.4 Å². The smallest absolute Gasteiger partial charge is 0.168 e. The lowest BCUT2D eigenvalue weighted by atomic mass is 9.98. The average molecular weight is 480 g/mol. The van der Waals surface area contributed by atoms with Crippen molar-refractivity contribution < 1.29 is 4.74 Å². The molecule has 35 heavy (non-hydrogen) atoms. The van der Waals surface area contributed by atoms with Crippen LogP contribution in [0.15, 0.2) is 96.1 Å². The highest BCUT2D eigenvalue weighted by molar-refractivity contribution is 6.32. The van der Waals surface area contributed by atoms with E-state index in [-0.39, 0.29) is 0 Å². The van der Waals surface area contributed by atoms with Crippen LogP contribution in [0.3, 0.4) is 0 Å². The fourth-order valence-electron chi connectivity index (χ4n) is 3.79. The van der Waals surface area contributed by atoms with Crippen molar-refractivity contribution in [2.45, 2.75) is 26.7 Å². The Bertz CT molecular complexity index is 1420. The molecule has 0 saturated carbocycles.